The van der Waals surface area contributed by atoms with E-state index in [-0.39, 0.29) is 18.0 Å². The summed E-state index contributed by atoms with van der Waals surface area (Å²) in [4.78, 5) is 17.7. The third kappa shape index (κ3) is 2.14. The van der Waals surface area contributed by atoms with E-state index in [0.717, 1.165) is 0 Å². The average molecular weight is 258 g/mol. The molecular weight excluding hydrogens is 253 g/mol. The fourth-order valence-corrected chi connectivity index (χ4v) is 1.26. The summed E-state index contributed by atoms with van der Waals surface area (Å²) in [6.07, 6.45) is -2.07. The number of carbonyl (C=O) groups excluding carboxylic acids is 1. The number of hydrogen-bond acceptors (Lipinski definition) is 5. The number of aromatic amines is 1. The highest BCUT2D eigenvalue weighted by Gasteiger charge is 2.39. The van der Waals surface area contributed by atoms with Gasteiger partial charge in [0.2, 0.25) is 0 Å². The number of rotatable bonds is 3. The van der Waals surface area contributed by atoms with Crippen LogP contribution in [0.1, 0.15) is 5.69 Å². The summed E-state index contributed by atoms with van der Waals surface area (Å²) in [5, 5.41) is 5.18. The topological polar surface area (TPSA) is 80.8 Å². The van der Waals surface area contributed by atoms with Gasteiger partial charge in [0, 0.05) is 12.4 Å². The van der Waals surface area contributed by atoms with Gasteiger partial charge in [0.15, 0.2) is 23.0 Å². The van der Waals surface area contributed by atoms with Crippen LogP contribution in [0.3, 0.4) is 0 Å². The van der Waals surface area contributed by atoms with Crippen molar-refractivity contribution in [3.05, 3.63) is 24.2 Å². The Kier molecular flexibility index (Phi) is 2.96. The summed E-state index contributed by atoms with van der Waals surface area (Å²) in [6, 6.07) is 1.49. The zero-order valence-electron chi connectivity index (χ0n) is 8.60. The molecule has 94 valence electrons. The van der Waals surface area contributed by atoms with E-state index >= 15 is 0 Å². The van der Waals surface area contributed by atoms with E-state index in [1.54, 1.807) is 5.10 Å². The molecule has 0 aliphatic rings. The Morgan fingerprint density at radius 2 is 1.94 bits per heavy atom. The number of H-pyrrole nitrogens is 1. The Morgan fingerprint density at radius 3 is 2.50 bits per heavy atom. The van der Waals surface area contributed by atoms with Gasteiger partial charge in [-0.2, -0.15) is 18.3 Å². The Hall–Kier alpha value is -2.45. The van der Waals surface area contributed by atoms with Gasteiger partial charge < -0.3 is 4.74 Å². The number of halogens is 3. The summed E-state index contributed by atoms with van der Waals surface area (Å²) in [5.74, 6) is -0.829. The van der Waals surface area contributed by atoms with Crippen molar-refractivity contribution >= 4 is 6.47 Å². The quantitative estimate of drug-likeness (QED) is 0.842. The van der Waals surface area contributed by atoms with Gasteiger partial charge >= 0.3 is 6.18 Å². The van der Waals surface area contributed by atoms with Crippen molar-refractivity contribution in [2.75, 3.05) is 0 Å². The zero-order chi connectivity index (χ0) is 13.2. The predicted molar refractivity (Wildman–Crippen MR) is 51.3 cm³/mol. The zero-order valence-corrected chi connectivity index (χ0v) is 8.60. The van der Waals surface area contributed by atoms with E-state index in [0.29, 0.717) is 0 Å². The Morgan fingerprint density at radius 1 is 1.28 bits per heavy atom. The molecule has 0 fully saturated rings. The highest BCUT2D eigenvalue weighted by molar-refractivity contribution is 5.64. The molecule has 0 bridgehead atoms. The van der Waals surface area contributed by atoms with Crippen LogP contribution in [0.4, 0.5) is 13.2 Å². The van der Waals surface area contributed by atoms with Gasteiger partial charge in [0.25, 0.3) is 6.47 Å². The lowest BCUT2D eigenvalue weighted by Gasteiger charge is -2.05. The first-order valence-corrected chi connectivity index (χ1v) is 4.57. The van der Waals surface area contributed by atoms with Crippen molar-refractivity contribution in [3.8, 4) is 17.3 Å². The number of nitrogens with zero attached hydrogens (tertiary/aromatic N) is 3. The van der Waals surface area contributed by atoms with Crippen molar-refractivity contribution in [1.82, 2.24) is 20.2 Å². The Labute approximate surface area is 97.8 Å². The van der Waals surface area contributed by atoms with Crippen LogP contribution in [0, 0.1) is 0 Å². The van der Waals surface area contributed by atoms with Gasteiger partial charge in [-0.05, 0) is 6.07 Å². The molecule has 0 radical (unpaired) electrons. The largest absolute Gasteiger partial charge is 0.436 e. The molecule has 0 saturated heterocycles. The standard InChI is InChI=1S/C9H5F3N4O2/c10-9(11,12)7-6(18-4-17)5(15-16-7)8-13-2-1-3-14-8/h1-4H,(H,15,16). The second-order valence-electron chi connectivity index (χ2n) is 3.06. The minimum Gasteiger partial charge on any atom is -0.424 e. The fraction of sp³-hybridized carbons (Fsp3) is 0.111. The van der Waals surface area contributed by atoms with Gasteiger partial charge in [0.1, 0.15) is 0 Å². The summed E-state index contributed by atoms with van der Waals surface area (Å²) in [6.45, 7) is -0.119. The van der Waals surface area contributed by atoms with E-state index in [9.17, 15) is 18.0 Å². The first kappa shape index (κ1) is 12.0. The van der Waals surface area contributed by atoms with Crippen molar-refractivity contribution in [3.63, 3.8) is 0 Å². The van der Waals surface area contributed by atoms with Crippen molar-refractivity contribution in [2.45, 2.75) is 6.18 Å². The number of hydrogen-bond donors (Lipinski definition) is 1. The maximum Gasteiger partial charge on any atom is 0.436 e. The van der Waals surface area contributed by atoms with Crippen LogP contribution < -0.4 is 4.74 Å². The van der Waals surface area contributed by atoms with E-state index in [4.69, 9.17) is 0 Å². The maximum atomic E-state index is 12.6. The molecule has 2 heterocycles. The minimum absolute atomic E-state index is 0.0823. The third-order valence-electron chi connectivity index (χ3n) is 1.95. The molecule has 0 amide bonds. The first-order valence-electron chi connectivity index (χ1n) is 4.57. The Bertz CT molecular complexity index is 553. The number of nitrogens with one attached hydrogen (secondary N) is 1. The fourth-order valence-electron chi connectivity index (χ4n) is 1.26. The van der Waals surface area contributed by atoms with Gasteiger partial charge in [-0.25, -0.2) is 9.97 Å². The molecule has 2 rings (SSSR count). The summed E-state index contributed by atoms with van der Waals surface area (Å²) in [7, 11) is 0. The highest BCUT2D eigenvalue weighted by Crippen LogP contribution is 2.39. The van der Waals surface area contributed by atoms with E-state index in [2.05, 4.69) is 19.8 Å². The van der Waals surface area contributed by atoms with Crippen LogP contribution in [0.5, 0.6) is 5.75 Å². The molecule has 9 heteroatoms. The lowest BCUT2D eigenvalue weighted by molar-refractivity contribution is -0.143. The lowest BCUT2D eigenvalue weighted by Crippen LogP contribution is -2.08. The number of alkyl halides is 3. The second kappa shape index (κ2) is 4.43. The van der Waals surface area contributed by atoms with Gasteiger partial charge in [0.05, 0.1) is 0 Å². The molecule has 0 saturated carbocycles. The van der Waals surface area contributed by atoms with Crippen LogP contribution >= 0.6 is 0 Å². The molecule has 0 aromatic carbocycles. The van der Waals surface area contributed by atoms with Crippen molar-refractivity contribution in [1.29, 1.82) is 0 Å². The molecule has 6 nitrogen and oxygen atoms in total. The number of ether oxygens (including phenoxy) is 1. The van der Waals surface area contributed by atoms with Gasteiger partial charge in [-0.3, -0.25) is 9.89 Å². The smallest absolute Gasteiger partial charge is 0.424 e. The molecule has 0 aliphatic heterocycles. The molecule has 0 unspecified atom stereocenters. The summed E-state index contributed by atoms with van der Waals surface area (Å²) < 4.78 is 42.1. The van der Waals surface area contributed by atoms with Crippen LogP contribution in [-0.4, -0.2) is 26.6 Å². The van der Waals surface area contributed by atoms with Gasteiger partial charge in [-0.15, -0.1) is 0 Å². The molecule has 2 aromatic rings. The second-order valence-corrected chi connectivity index (χ2v) is 3.06. The molecule has 0 aliphatic carbocycles. The predicted octanol–water partition coefficient (Wildman–Crippen LogP) is 1.42. The monoisotopic (exact) mass is 258 g/mol. The van der Waals surface area contributed by atoms with E-state index in [1.807, 2.05) is 0 Å². The molecular formula is C9H5F3N4O2. The van der Waals surface area contributed by atoms with Crippen LogP contribution in [-0.2, 0) is 11.0 Å². The highest BCUT2D eigenvalue weighted by atomic mass is 19.4. The third-order valence-corrected chi connectivity index (χ3v) is 1.95. The summed E-state index contributed by atoms with van der Waals surface area (Å²) in [5.41, 5.74) is -1.55. The van der Waals surface area contributed by atoms with E-state index < -0.39 is 17.6 Å². The van der Waals surface area contributed by atoms with E-state index in [1.165, 1.54) is 18.5 Å². The molecule has 0 spiro atoms. The van der Waals surface area contributed by atoms with Crippen molar-refractivity contribution in [2.24, 2.45) is 0 Å². The number of carbonyl (C=O) groups is 1. The maximum absolute atomic E-state index is 12.6. The van der Waals surface area contributed by atoms with Gasteiger partial charge in [-0.1, -0.05) is 0 Å². The Balaban J connectivity index is 2.56. The van der Waals surface area contributed by atoms with Crippen LogP contribution in [0.15, 0.2) is 18.5 Å². The SMILES string of the molecule is O=COc1c(-c2ncccn2)n[nH]c1C(F)(F)F. The lowest BCUT2D eigenvalue weighted by atomic mass is 10.3. The van der Waals surface area contributed by atoms with Crippen molar-refractivity contribution < 1.29 is 22.7 Å². The van der Waals surface area contributed by atoms with Crippen LogP contribution in [0.25, 0.3) is 11.5 Å². The molecule has 1 N–H and O–H groups in total. The average Bonchev–Trinajstić information content (AvgIpc) is 2.74. The molecule has 0 atom stereocenters. The number of aromatic nitrogens is 4. The molecule has 18 heavy (non-hydrogen) atoms. The first-order chi connectivity index (χ1) is 8.54. The molecule has 2 aromatic heterocycles. The normalized spacial score (nSPS) is 11.3. The van der Waals surface area contributed by atoms with Crippen LogP contribution in [0.2, 0.25) is 0 Å². The summed E-state index contributed by atoms with van der Waals surface area (Å²) >= 11 is 0. The minimum atomic E-state index is -4.72.